The van der Waals surface area contributed by atoms with Crippen LogP contribution >= 0.6 is 0 Å². The number of carbonyl (C=O) groups is 1. The number of carbonyl (C=O) groups excluding carboxylic acids is 1. The zero-order valence-electron chi connectivity index (χ0n) is 14.1. The predicted molar refractivity (Wildman–Crippen MR) is 94.6 cm³/mol. The second-order valence-corrected chi connectivity index (χ2v) is 6.46. The Kier molecular flexibility index (Phi) is 5.79. The van der Waals surface area contributed by atoms with E-state index in [4.69, 9.17) is 0 Å². The van der Waals surface area contributed by atoms with Crippen LogP contribution in [0.15, 0.2) is 48.5 Å². The predicted octanol–water partition coefficient (Wildman–Crippen LogP) is 2.88. The molecule has 1 aliphatic rings. The highest BCUT2D eigenvalue weighted by atomic mass is 19.1. The van der Waals surface area contributed by atoms with Crippen molar-refractivity contribution < 1.29 is 14.3 Å². The minimum atomic E-state index is -0.864. The molecular weight excluding hydrogens is 319 g/mol. The Labute approximate surface area is 147 Å². The van der Waals surface area contributed by atoms with E-state index < -0.39 is 6.10 Å². The van der Waals surface area contributed by atoms with Crippen molar-refractivity contribution in [3.63, 3.8) is 0 Å². The quantitative estimate of drug-likeness (QED) is 0.849. The molecule has 2 aromatic carbocycles. The summed E-state index contributed by atoms with van der Waals surface area (Å²) in [7, 11) is 0. The normalized spacial score (nSPS) is 15.9. The van der Waals surface area contributed by atoms with Gasteiger partial charge in [-0.3, -0.25) is 9.69 Å². The van der Waals surface area contributed by atoms with Crippen LogP contribution in [0.4, 0.5) is 4.39 Å². The van der Waals surface area contributed by atoms with Gasteiger partial charge in [0.15, 0.2) is 0 Å². The SMILES string of the molecule is O=C(NCC(O)c1ccc(F)cc1)c1cccc(CN2CCCC2)c1. The van der Waals surface area contributed by atoms with Crippen LogP contribution in [0, 0.1) is 5.82 Å². The summed E-state index contributed by atoms with van der Waals surface area (Å²) in [5, 5.41) is 12.8. The smallest absolute Gasteiger partial charge is 0.251 e. The lowest BCUT2D eigenvalue weighted by atomic mass is 10.1. The van der Waals surface area contributed by atoms with Gasteiger partial charge >= 0.3 is 0 Å². The number of nitrogens with zero attached hydrogens (tertiary/aromatic N) is 1. The standard InChI is InChI=1S/C20H23FN2O2/c21-18-8-6-16(7-9-18)19(24)13-22-20(25)17-5-3-4-15(12-17)14-23-10-1-2-11-23/h3-9,12,19,24H,1-2,10-11,13-14H2,(H,22,25). The minimum absolute atomic E-state index is 0.0841. The van der Waals surface area contributed by atoms with Gasteiger partial charge in [-0.2, -0.15) is 0 Å². The van der Waals surface area contributed by atoms with Crippen LogP contribution < -0.4 is 5.32 Å². The molecule has 0 radical (unpaired) electrons. The highest BCUT2D eigenvalue weighted by Gasteiger charge is 2.14. The van der Waals surface area contributed by atoms with Gasteiger partial charge in [0.25, 0.3) is 5.91 Å². The molecule has 0 bridgehead atoms. The first-order valence-electron chi connectivity index (χ1n) is 8.65. The molecular formula is C20H23FN2O2. The summed E-state index contributed by atoms with van der Waals surface area (Å²) in [5.41, 5.74) is 2.28. The van der Waals surface area contributed by atoms with E-state index in [1.165, 1.54) is 37.1 Å². The molecule has 1 heterocycles. The van der Waals surface area contributed by atoms with Crippen molar-refractivity contribution in [2.75, 3.05) is 19.6 Å². The molecule has 2 N–H and O–H groups in total. The molecule has 1 aliphatic heterocycles. The number of likely N-dealkylation sites (tertiary alicyclic amines) is 1. The Hall–Kier alpha value is -2.24. The Morgan fingerprint density at radius 3 is 2.60 bits per heavy atom. The third-order valence-corrected chi connectivity index (χ3v) is 4.50. The molecule has 0 aromatic heterocycles. The maximum atomic E-state index is 12.9. The highest BCUT2D eigenvalue weighted by molar-refractivity contribution is 5.94. The Morgan fingerprint density at radius 2 is 1.88 bits per heavy atom. The molecule has 5 heteroatoms. The number of hydrogen-bond donors (Lipinski definition) is 2. The fraction of sp³-hybridized carbons (Fsp3) is 0.350. The largest absolute Gasteiger partial charge is 0.387 e. The lowest BCUT2D eigenvalue weighted by Gasteiger charge is -2.15. The summed E-state index contributed by atoms with van der Waals surface area (Å²) in [4.78, 5) is 14.7. The van der Waals surface area contributed by atoms with Crippen molar-refractivity contribution in [2.45, 2.75) is 25.5 Å². The van der Waals surface area contributed by atoms with Crippen LogP contribution in [-0.4, -0.2) is 35.5 Å². The molecule has 1 saturated heterocycles. The first-order valence-corrected chi connectivity index (χ1v) is 8.65. The molecule has 1 unspecified atom stereocenters. The van der Waals surface area contributed by atoms with E-state index >= 15 is 0 Å². The Balaban J connectivity index is 1.56. The van der Waals surface area contributed by atoms with Crippen LogP contribution in [0.1, 0.15) is 40.4 Å². The van der Waals surface area contributed by atoms with Crippen molar-refractivity contribution in [1.29, 1.82) is 0 Å². The number of hydrogen-bond acceptors (Lipinski definition) is 3. The summed E-state index contributed by atoms with van der Waals surface area (Å²) in [6, 6.07) is 13.2. The van der Waals surface area contributed by atoms with Crippen molar-refractivity contribution >= 4 is 5.91 Å². The minimum Gasteiger partial charge on any atom is -0.387 e. The van der Waals surface area contributed by atoms with Gasteiger partial charge in [-0.15, -0.1) is 0 Å². The number of aliphatic hydroxyl groups is 1. The Morgan fingerprint density at radius 1 is 1.16 bits per heavy atom. The molecule has 0 saturated carbocycles. The van der Waals surface area contributed by atoms with Gasteiger partial charge in [0.2, 0.25) is 0 Å². The fourth-order valence-corrected chi connectivity index (χ4v) is 3.10. The summed E-state index contributed by atoms with van der Waals surface area (Å²) in [5.74, 6) is -0.570. The molecule has 3 rings (SSSR count). The molecule has 1 fully saturated rings. The van der Waals surface area contributed by atoms with Gasteiger partial charge < -0.3 is 10.4 Å². The molecule has 2 aromatic rings. The van der Waals surface area contributed by atoms with E-state index in [0.717, 1.165) is 25.2 Å². The second kappa shape index (κ2) is 8.23. The molecule has 0 spiro atoms. The van der Waals surface area contributed by atoms with Crippen molar-refractivity contribution in [3.8, 4) is 0 Å². The lowest BCUT2D eigenvalue weighted by molar-refractivity contribution is 0.0916. The zero-order valence-corrected chi connectivity index (χ0v) is 14.1. The number of nitrogens with one attached hydrogen (secondary N) is 1. The van der Waals surface area contributed by atoms with Crippen LogP contribution in [0.5, 0.6) is 0 Å². The number of amides is 1. The molecule has 132 valence electrons. The molecule has 25 heavy (non-hydrogen) atoms. The van der Waals surface area contributed by atoms with E-state index in [-0.39, 0.29) is 18.3 Å². The zero-order chi connectivity index (χ0) is 17.6. The monoisotopic (exact) mass is 342 g/mol. The Bertz CT molecular complexity index is 712. The van der Waals surface area contributed by atoms with E-state index in [1.807, 2.05) is 18.2 Å². The van der Waals surface area contributed by atoms with Gasteiger partial charge in [0, 0.05) is 18.7 Å². The number of halogens is 1. The van der Waals surface area contributed by atoms with Crippen molar-refractivity contribution in [3.05, 3.63) is 71.0 Å². The highest BCUT2D eigenvalue weighted by Crippen LogP contribution is 2.15. The van der Waals surface area contributed by atoms with Crippen LogP contribution in [0.25, 0.3) is 0 Å². The molecule has 4 nitrogen and oxygen atoms in total. The first-order chi connectivity index (χ1) is 12.1. The first kappa shape index (κ1) is 17.6. The summed E-state index contributed by atoms with van der Waals surface area (Å²) >= 11 is 0. The van der Waals surface area contributed by atoms with Gasteiger partial charge in [-0.05, 0) is 61.3 Å². The second-order valence-electron chi connectivity index (χ2n) is 6.46. The maximum Gasteiger partial charge on any atom is 0.251 e. The van der Waals surface area contributed by atoms with E-state index in [1.54, 1.807) is 6.07 Å². The maximum absolute atomic E-state index is 12.9. The van der Waals surface area contributed by atoms with E-state index in [9.17, 15) is 14.3 Å². The van der Waals surface area contributed by atoms with E-state index in [0.29, 0.717) is 11.1 Å². The van der Waals surface area contributed by atoms with Gasteiger partial charge in [0.05, 0.1) is 6.10 Å². The summed E-state index contributed by atoms with van der Waals surface area (Å²) < 4.78 is 12.9. The molecule has 0 aliphatic carbocycles. The fourth-order valence-electron chi connectivity index (χ4n) is 3.10. The molecule has 1 amide bonds. The lowest BCUT2D eigenvalue weighted by Crippen LogP contribution is -2.28. The average molecular weight is 342 g/mol. The summed E-state index contributed by atoms with van der Waals surface area (Å²) in [6.07, 6.45) is 1.61. The van der Waals surface area contributed by atoms with Crippen LogP contribution in [0.3, 0.4) is 0 Å². The van der Waals surface area contributed by atoms with Gasteiger partial charge in [0.1, 0.15) is 5.82 Å². The number of benzene rings is 2. The topological polar surface area (TPSA) is 52.6 Å². The van der Waals surface area contributed by atoms with E-state index in [2.05, 4.69) is 10.2 Å². The van der Waals surface area contributed by atoms with Crippen LogP contribution in [-0.2, 0) is 6.54 Å². The van der Waals surface area contributed by atoms with Gasteiger partial charge in [-0.25, -0.2) is 4.39 Å². The van der Waals surface area contributed by atoms with Crippen molar-refractivity contribution in [1.82, 2.24) is 10.2 Å². The molecule has 1 atom stereocenters. The number of aliphatic hydroxyl groups excluding tert-OH is 1. The third kappa shape index (κ3) is 4.87. The number of rotatable bonds is 6. The third-order valence-electron chi connectivity index (χ3n) is 4.50. The van der Waals surface area contributed by atoms with Gasteiger partial charge in [-0.1, -0.05) is 24.3 Å². The van der Waals surface area contributed by atoms with Crippen molar-refractivity contribution in [2.24, 2.45) is 0 Å². The van der Waals surface area contributed by atoms with Crippen LogP contribution in [0.2, 0.25) is 0 Å². The summed E-state index contributed by atoms with van der Waals surface area (Å²) in [6.45, 7) is 3.17. The average Bonchev–Trinajstić information content (AvgIpc) is 3.13.